The normalized spacial score (nSPS) is 11.1. The van der Waals surface area contributed by atoms with Gasteiger partial charge in [0.25, 0.3) is 5.56 Å². The first-order chi connectivity index (χ1) is 16.2. The van der Waals surface area contributed by atoms with Gasteiger partial charge in [0.2, 0.25) is 0 Å². The molecular weight excluding hydrogens is 499 g/mol. The smallest absolute Gasteiger partial charge is 0.332 e. The third kappa shape index (κ3) is 4.38. The molecule has 0 unspecified atom stereocenters. The molecule has 4 aromatic rings. The summed E-state index contributed by atoms with van der Waals surface area (Å²) >= 11 is 13.5. The van der Waals surface area contributed by atoms with Crippen LogP contribution in [-0.2, 0) is 19.8 Å². The Balaban J connectivity index is 1.91. The fourth-order valence-electron chi connectivity index (χ4n) is 3.42. The number of hydrogen-bond donors (Lipinski definition) is 0. The van der Waals surface area contributed by atoms with E-state index in [1.165, 1.54) is 30.5 Å². The molecule has 176 valence electrons. The SMILES string of the molecule is COc1ccc(-c2nc(SCc3ccc(Cl)c(Cl)c3)c3c(=O)n(C)c(=O)n(C)c3n2)cc1OC. The van der Waals surface area contributed by atoms with Gasteiger partial charge in [0.1, 0.15) is 10.4 Å². The van der Waals surface area contributed by atoms with Gasteiger partial charge in [-0.15, -0.1) is 11.8 Å². The third-order valence-corrected chi connectivity index (χ3v) is 7.05. The van der Waals surface area contributed by atoms with E-state index >= 15 is 0 Å². The van der Waals surface area contributed by atoms with Crippen molar-refractivity contribution in [2.45, 2.75) is 10.8 Å². The molecule has 0 fully saturated rings. The van der Waals surface area contributed by atoms with Crippen molar-refractivity contribution in [3.05, 3.63) is 72.8 Å². The number of halogens is 2. The van der Waals surface area contributed by atoms with Crippen LogP contribution in [-0.4, -0.2) is 33.3 Å². The lowest BCUT2D eigenvalue weighted by Gasteiger charge is -2.13. The molecular formula is C23H20Cl2N4O4S. The van der Waals surface area contributed by atoms with Crippen LogP contribution in [0.1, 0.15) is 5.56 Å². The molecule has 0 saturated heterocycles. The molecule has 0 N–H and O–H groups in total. The molecule has 4 rings (SSSR count). The second-order valence-corrected chi connectivity index (χ2v) is 9.14. The van der Waals surface area contributed by atoms with Gasteiger partial charge in [-0.3, -0.25) is 13.9 Å². The fourth-order valence-corrected chi connectivity index (χ4v) is 4.70. The maximum Gasteiger partial charge on any atom is 0.332 e. The summed E-state index contributed by atoms with van der Waals surface area (Å²) in [5, 5.41) is 1.61. The summed E-state index contributed by atoms with van der Waals surface area (Å²) in [5.74, 6) is 1.88. The van der Waals surface area contributed by atoms with Crippen molar-refractivity contribution in [2.24, 2.45) is 14.1 Å². The van der Waals surface area contributed by atoms with Crippen LogP contribution in [0.15, 0.2) is 51.0 Å². The minimum Gasteiger partial charge on any atom is -0.493 e. The van der Waals surface area contributed by atoms with E-state index in [9.17, 15) is 9.59 Å². The van der Waals surface area contributed by atoms with Crippen molar-refractivity contribution in [1.29, 1.82) is 0 Å². The molecule has 0 aliphatic rings. The quantitative estimate of drug-likeness (QED) is 0.277. The average Bonchev–Trinajstić information content (AvgIpc) is 2.85. The molecule has 0 spiro atoms. The van der Waals surface area contributed by atoms with Gasteiger partial charge in [-0.25, -0.2) is 14.8 Å². The van der Waals surface area contributed by atoms with Crippen LogP contribution in [0.4, 0.5) is 0 Å². The second kappa shape index (κ2) is 9.69. The van der Waals surface area contributed by atoms with Crippen molar-refractivity contribution in [2.75, 3.05) is 14.2 Å². The molecule has 0 bridgehead atoms. The van der Waals surface area contributed by atoms with Gasteiger partial charge in [0.15, 0.2) is 23.0 Å². The predicted octanol–water partition coefficient (Wildman–Crippen LogP) is 4.31. The summed E-state index contributed by atoms with van der Waals surface area (Å²) in [7, 11) is 6.09. The van der Waals surface area contributed by atoms with E-state index in [0.29, 0.717) is 43.7 Å². The van der Waals surface area contributed by atoms with Gasteiger partial charge in [0, 0.05) is 25.4 Å². The van der Waals surface area contributed by atoms with Gasteiger partial charge in [-0.2, -0.15) is 0 Å². The van der Waals surface area contributed by atoms with Crippen LogP contribution < -0.4 is 20.7 Å². The Labute approximate surface area is 209 Å². The number of fused-ring (bicyclic) bond motifs is 1. The zero-order valence-electron chi connectivity index (χ0n) is 18.8. The fraction of sp³-hybridized carbons (Fsp3) is 0.217. The Morgan fingerprint density at radius 2 is 1.65 bits per heavy atom. The maximum atomic E-state index is 13.0. The molecule has 2 aromatic heterocycles. The van der Waals surface area contributed by atoms with E-state index < -0.39 is 11.2 Å². The Morgan fingerprint density at radius 1 is 0.912 bits per heavy atom. The van der Waals surface area contributed by atoms with E-state index in [2.05, 4.69) is 4.98 Å². The Kier molecular flexibility index (Phi) is 6.88. The largest absolute Gasteiger partial charge is 0.493 e. The standard InChI is InChI=1S/C23H20Cl2N4O4S/c1-28-20-18(22(30)29(2)23(28)31)21(34-11-12-5-7-14(24)15(25)9-12)27-19(26-20)13-6-8-16(32-3)17(10-13)33-4/h5-10H,11H2,1-4H3. The number of methoxy groups -OCH3 is 2. The van der Waals surface area contributed by atoms with E-state index in [0.717, 1.165) is 10.1 Å². The number of aryl methyl sites for hydroxylation is 1. The van der Waals surface area contributed by atoms with Crippen LogP contribution >= 0.6 is 35.0 Å². The number of rotatable bonds is 6. The molecule has 2 heterocycles. The van der Waals surface area contributed by atoms with E-state index in [4.69, 9.17) is 37.7 Å². The monoisotopic (exact) mass is 518 g/mol. The summed E-state index contributed by atoms with van der Waals surface area (Å²) in [5.41, 5.74) is 0.845. The van der Waals surface area contributed by atoms with E-state index in [1.807, 2.05) is 6.07 Å². The predicted molar refractivity (Wildman–Crippen MR) is 135 cm³/mol. The Morgan fingerprint density at radius 3 is 2.32 bits per heavy atom. The van der Waals surface area contributed by atoms with Crippen LogP contribution in [0.25, 0.3) is 22.4 Å². The first-order valence-electron chi connectivity index (χ1n) is 10.0. The summed E-state index contributed by atoms with van der Waals surface area (Å²) in [4.78, 5) is 34.9. The van der Waals surface area contributed by atoms with Gasteiger partial charge >= 0.3 is 5.69 Å². The van der Waals surface area contributed by atoms with E-state index in [-0.39, 0.29) is 11.0 Å². The lowest BCUT2D eigenvalue weighted by Crippen LogP contribution is -2.37. The van der Waals surface area contributed by atoms with Crippen molar-refractivity contribution in [1.82, 2.24) is 19.1 Å². The van der Waals surface area contributed by atoms with Crippen LogP contribution in [0.5, 0.6) is 11.5 Å². The molecule has 0 radical (unpaired) electrons. The molecule has 11 heteroatoms. The van der Waals surface area contributed by atoms with Crippen molar-refractivity contribution >= 4 is 46.0 Å². The molecule has 0 saturated carbocycles. The van der Waals surface area contributed by atoms with Gasteiger partial charge < -0.3 is 9.47 Å². The maximum absolute atomic E-state index is 13.0. The highest BCUT2D eigenvalue weighted by Gasteiger charge is 2.19. The zero-order chi connectivity index (χ0) is 24.6. The van der Waals surface area contributed by atoms with Gasteiger partial charge in [0.05, 0.1) is 24.3 Å². The third-order valence-electron chi connectivity index (χ3n) is 5.27. The highest BCUT2D eigenvalue weighted by Crippen LogP contribution is 2.34. The molecule has 8 nitrogen and oxygen atoms in total. The summed E-state index contributed by atoms with van der Waals surface area (Å²) in [6, 6.07) is 10.6. The average molecular weight is 519 g/mol. The minimum absolute atomic E-state index is 0.240. The number of benzene rings is 2. The Hall–Kier alpha value is -3.01. The van der Waals surface area contributed by atoms with Crippen molar-refractivity contribution in [3.63, 3.8) is 0 Å². The topological polar surface area (TPSA) is 88.2 Å². The highest BCUT2D eigenvalue weighted by molar-refractivity contribution is 7.98. The highest BCUT2D eigenvalue weighted by atomic mass is 35.5. The summed E-state index contributed by atoms with van der Waals surface area (Å²) < 4.78 is 13.1. The molecule has 0 atom stereocenters. The summed E-state index contributed by atoms with van der Waals surface area (Å²) in [6.07, 6.45) is 0. The number of ether oxygens (including phenoxy) is 2. The molecule has 0 aliphatic carbocycles. The van der Waals surface area contributed by atoms with Crippen LogP contribution in [0, 0.1) is 0 Å². The molecule has 0 amide bonds. The molecule has 2 aromatic carbocycles. The van der Waals surface area contributed by atoms with Crippen molar-refractivity contribution in [3.8, 4) is 22.9 Å². The van der Waals surface area contributed by atoms with Crippen molar-refractivity contribution < 1.29 is 9.47 Å². The van der Waals surface area contributed by atoms with Crippen LogP contribution in [0.2, 0.25) is 10.0 Å². The minimum atomic E-state index is -0.477. The van der Waals surface area contributed by atoms with Gasteiger partial charge in [-0.1, -0.05) is 29.3 Å². The lowest BCUT2D eigenvalue weighted by molar-refractivity contribution is 0.355. The first kappa shape index (κ1) is 24.1. The summed E-state index contributed by atoms with van der Waals surface area (Å²) in [6.45, 7) is 0. The number of nitrogens with zero attached hydrogens (tertiary/aromatic N) is 4. The molecule has 0 aliphatic heterocycles. The second-order valence-electron chi connectivity index (χ2n) is 7.36. The lowest BCUT2D eigenvalue weighted by atomic mass is 10.2. The number of aromatic nitrogens is 4. The zero-order valence-corrected chi connectivity index (χ0v) is 21.1. The Bertz CT molecular complexity index is 1530. The van der Waals surface area contributed by atoms with E-state index in [1.54, 1.807) is 44.5 Å². The molecule has 34 heavy (non-hydrogen) atoms. The number of hydrogen-bond acceptors (Lipinski definition) is 7. The number of thioether (sulfide) groups is 1. The van der Waals surface area contributed by atoms with Crippen LogP contribution in [0.3, 0.4) is 0 Å². The van der Waals surface area contributed by atoms with Gasteiger partial charge in [-0.05, 0) is 35.9 Å². The first-order valence-corrected chi connectivity index (χ1v) is 11.8.